The molecule has 1 atom stereocenters. The standard InChI is InChI=1S/C12H21O4PSi/c1-18(2,3)10-9-15-17(13,14)16-11-12-7-5-4-6-8-12/h4-8H,9-11H2,1-3H3,(H,13,14). The Kier molecular flexibility index (Phi) is 5.75. The number of benzene rings is 1. The molecule has 0 fully saturated rings. The van der Waals surface area contributed by atoms with Crippen LogP contribution in [0, 0.1) is 0 Å². The average Bonchev–Trinajstić information content (AvgIpc) is 2.26. The first-order chi connectivity index (χ1) is 8.29. The lowest BCUT2D eigenvalue weighted by Crippen LogP contribution is -2.21. The third kappa shape index (κ3) is 7.09. The third-order valence-electron chi connectivity index (χ3n) is 2.34. The molecule has 6 heteroatoms. The minimum Gasteiger partial charge on any atom is -0.302 e. The average molecular weight is 288 g/mol. The molecule has 0 aromatic heterocycles. The van der Waals surface area contributed by atoms with Gasteiger partial charge in [0, 0.05) is 8.07 Å². The predicted octanol–water partition coefficient (Wildman–Crippen LogP) is 3.66. The van der Waals surface area contributed by atoms with Crippen molar-refractivity contribution in [1.82, 2.24) is 0 Å². The van der Waals surface area contributed by atoms with Gasteiger partial charge in [-0.2, -0.15) is 0 Å². The van der Waals surface area contributed by atoms with Gasteiger partial charge in [-0.3, -0.25) is 9.05 Å². The van der Waals surface area contributed by atoms with Gasteiger partial charge in [-0.05, 0) is 11.6 Å². The van der Waals surface area contributed by atoms with Crippen LogP contribution in [0.2, 0.25) is 25.7 Å². The van der Waals surface area contributed by atoms with Crippen LogP contribution in [0.3, 0.4) is 0 Å². The Labute approximate surface area is 110 Å². The molecule has 0 heterocycles. The first-order valence-corrected chi connectivity index (χ1v) is 11.1. The zero-order valence-corrected chi connectivity index (χ0v) is 13.0. The van der Waals surface area contributed by atoms with E-state index in [1.807, 2.05) is 30.3 Å². The second-order valence-electron chi connectivity index (χ2n) is 5.37. The van der Waals surface area contributed by atoms with E-state index in [-0.39, 0.29) is 13.2 Å². The van der Waals surface area contributed by atoms with Crippen molar-refractivity contribution in [3.8, 4) is 0 Å². The molecule has 0 bridgehead atoms. The lowest BCUT2D eigenvalue weighted by atomic mass is 10.2. The van der Waals surface area contributed by atoms with Gasteiger partial charge in [0.05, 0.1) is 13.2 Å². The largest absolute Gasteiger partial charge is 0.472 e. The van der Waals surface area contributed by atoms with Gasteiger partial charge in [-0.1, -0.05) is 50.0 Å². The molecular weight excluding hydrogens is 267 g/mol. The number of phosphoric acid groups is 1. The van der Waals surface area contributed by atoms with Crippen LogP contribution in [0.1, 0.15) is 5.56 Å². The monoisotopic (exact) mass is 288 g/mol. The van der Waals surface area contributed by atoms with Crippen molar-refractivity contribution in [2.75, 3.05) is 6.61 Å². The zero-order chi connectivity index (χ0) is 13.6. The van der Waals surface area contributed by atoms with Crippen LogP contribution >= 0.6 is 7.82 Å². The number of rotatable bonds is 7. The minimum atomic E-state index is -3.92. The van der Waals surface area contributed by atoms with Crippen molar-refractivity contribution in [3.05, 3.63) is 35.9 Å². The highest BCUT2D eigenvalue weighted by Crippen LogP contribution is 2.44. The molecule has 0 aliphatic rings. The quantitative estimate of drug-likeness (QED) is 0.614. The Morgan fingerprint density at radius 2 is 1.78 bits per heavy atom. The van der Waals surface area contributed by atoms with Gasteiger partial charge in [0.1, 0.15) is 0 Å². The SMILES string of the molecule is C[Si](C)(C)CCOP(=O)(O)OCc1ccccc1. The molecule has 0 amide bonds. The summed E-state index contributed by atoms with van der Waals surface area (Å²) in [6, 6.07) is 10.1. The van der Waals surface area contributed by atoms with Crippen LogP contribution in [-0.4, -0.2) is 19.6 Å². The Bertz CT molecular complexity index is 402. The molecule has 102 valence electrons. The van der Waals surface area contributed by atoms with Gasteiger partial charge >= 0.3 is 7.82 Å². The molecule has 0 aliphatic carbocycles. The lowest BCUT2D eigenvalue weighted by Gasteiger charge is -2.17. The van der Waals surface area contributed by atoms with Crippen molar-refractivity contribution >= 4 is 15.9 Å². The van der Waals surface area contributed by atoms with Crippen LogP contribution in [0.4, 0.5) is 0 Å². The highest BCUT2D eigenvalue weighted by Gasteiger charge is 2.22. The Hall–Kier alpha value is -0.453. The van der Waals surface area contributed by atoms with Crippen molar-refractivity contribution in [3.63, 3.8) is 0 Å². The molecule has 1 aromatic carbocycles. The fourth-order valence-electron chi connectivity index (χ4n) is 1.23. The summed E-state index contributed by atoms with van der Waals surface area (Å²) in [6.45, 7) is 6.91. The molecule has 1 rings (SSSR count). The van der Waals surface area contributed by atoms with Crippen molar-refractivity contribution in [1.29, 1.82) is 0 Å². The summed E-state index contributed by atoms with van der Waals surface area (Å²) in [5.74, 6) is 0. The smallest absolute Gasteiger partial charge is 0.302 e. The first kappa shape index (κ1) is 15.6. The van der Waals surface area contributed by atoms with Crippen LogP contribution in [0.5, 0.6) is 0 Å². The van der Waals surface area contributed by atoms with Gasteiger partial charge in [0.2, 0.25) is 0 Å². The van der Waals surface area contributed by atoms with Gasteiger partial charge in [0.25, 0.3) is 0 Å². The van der Waals surface area contributed by atoms with Gasteiger partial charge in [-0.15, -0.1) is 0 Å². The van der Waals surface area contributed by atoms with Crippen molar-refractivity contribution < 1.29 is 18.5 Å². The maximum atomic E-state index is 11.6. The molecule has 18 heavy (non-hydrogen) atoms. The normalized spacial score (nSPS) is 15.3. The summed E-state index contributed by atoms with van der Waals surface area (Å²) in [7, 11) is -5.18. The van der Waals surface area contributed by atoms with Crippen LogP contribution < -0.4 is 0 Å². The van der Waals surface area contributed by atoms with Crippen LogP contribution in [0.15, 0.2) is 30.3 Å². The van der Waals surface area contributed by atoms with E-state index in [2.05, 4.69) is 19.6 Å². The summed E-state index contributed by atoms with van der Waals surface area (Å²) in [5, 5.41) is 0. The van der Waals surface area contributed by atoms with E-state index in [0.29, 0.717) is 0 Å². The molecule has 1 unspecified atom stereocenters. The van der Waals surface area contributed by atoms with Gasteiger partial charge in [0.15, 0.2) is 0 Å². The van der Waals surface area contributed by atoms with Crippen molar-refractivity contribution in [2.45, 2.75) is 32.3 Å². The molecule has 0 spiro atoms. The fourth-order valence-corrected chi connectivity index (χ4v) is 2.83. The molecule has 0 saturated carbocycles. The number of hydrogen-bond donors (Lipinski definition) is 1. The van der Waals surface area contributed by atoms with E-state index in [1.165, 1.54) is 0 Å². The van der Waals surface area contributed by atoms with Crippen LogP contribution in [-0.2, 0) is 20.2 Å². The highest BCUT2D eigenvalue weighted by atomic mass is 31.2. The summed E-state index contributed by atoms with van der Waals surface area (Å²) < 4.78 is 21.5. The summed E-state index contributed by atoms with van der Waals surface area (Å²) in [5.41, 5.74) is 0.848. The number of hydrogen-bond acceptors (Lipinski definition) is 3. The summed E-state index contributed by atoms with van der Waals surface area (Å²) in [4.78, 5) is 9.50. The minimum absolute atomic E-state index is 0.0849. The van der Waals surface area contributed by atoms with E-state index >= 15 is 0 Å². The molecule has 1 N–H and O–H groups in total. The van der Waals surface area contributed by atoms with E-state index < -0.39 is 15.9 Å². The lowest BCUT2D eigenvalue weighted by molar-refractivity contribution is 0.148. The zero-order valence-electron chi connectivity index (χ0n) is 11.1. The Morgan fingerprint density at radius 1 is 1.17 bits per heavy atom. The van der Waals surface area contributed by atoms with E-state index in [0.717, 1.165) is 11.6 Å². The summed E-state index contributed by atoms with van der Waals surface area (Å²) in [6.07, 6.45) is 0. The molecular formula is C12H21O4PSi. The van der Waals surface area contributed by atoms with E-state index in [1.54, 1.807) is 0 Å². The van der Waals surface area contributed by atoms with E-state index in [4.69, 9.17) is 9.05 Å². The van der Waals surface area contributed by atoms with Crippen molar-refractivity contribution in [2.24, 2.45) is 0 Å². The fraction of sp³-hybridized carbons (Fsp3) is 0.500. The first-order valence-electron chi connectivity index (χ1n) is 5.94. The maximum Gasteiger partial charge on any atom is 0.472 e. The van der Waals surface area contributed by atoms with E-state index in [9.17, 15) is 9.46 Å². The Balaban J connectivity index is 2.34. The second kappa shape index (κ2) is 6.64. The predicted molar refractivity (Wildman–Crippen MR) is 75.2 cm³/mol. The third-order valence-corrected chi connectivity index (χ3v) is 5.01. The molecule has 4 nitrogen and oxygen atoms in total. The molecule has 1 aromatic rings. The molecule has 0 saturated heterocycles. The Morgan fingerprint density at radius 3 is 2.33 bits per heavy atom. The molecule has 0 radical (unpaired) electrons. The highest BCUT2D eigenvalue weighted by molar-refractivity contribution is 7.47. The second-order valence-corrected chi connectivity index (χ2v) is 12.4. The number of phosphoric ester groups is 1. The topological polar surface area (TPSA) is 55.8 Å². The molecule has 0 aliphatic heterocycles. The van der Waals surface area contributed by atoms with Crippen LogP contribution in [0.25, 0.3) is 0 Å². The maximum absolute atomic E-state index is 11.6. The van der Waals surface area contributed by atoms with Gasteiger partial charge in [-0.25, -0.2) is 4.57 Å². The van der Waals surface area contributed by atoms with Gasteiger partial charge < -0.3 is 4.89 Å². The summed E-state index contributed by atoms with van der Waals surface area (Å²) >= 11 is 0.